The van der Waals surface area contributed by atoms with Gasteiger partial charge in [0.05, 0.1) is 10.2 Å². The van der Waals surface area contributed by atoms with Crippen LogP contribution in [-0.4, -0.2) is 32.8 Å². The molecule has 7 heteroatoms. The Labute approximate surface area is 129 Å². The average Bonchev–Trinajstić information content (AvgIpc) is 3.03. The van der Waals surface area contributed by atoms with E-state index in [1.807, 2.05) is 6.07 Å². The van der Waals surface area contributed by atoms with Crippen molar-refractivity contribution < 1.29 is 9.00 Å². The summed E-state index contributed by atoms with van der Waals surface area (Å²) in [6.45, 7) is 2.11. The molecule has 2 aromatic rings. The van der Waals surface area contributed by atoms with Gasteiger partial charge in [-0.3, -0.25) is 9.53 Å². The summed E-state index contributed by atoms with van der Waals surface area (Å²) >= 11 is 1.47. The van der Waals surface area contributed by atoms with Gasteiger partial charge in [-0.15, -0.1) is 0 Å². The van der Waals surface area contributed by atoms with Gasteiger partial charge >= 0.3 is 6.03 Å². The van der Waals surface area contributed by atoms with Gasteiger partial charge in [0.15, 0.2) is 5.13 Å². The van der Waals surface area contributed by atoms with Gasteiger partial charge in [-0.25, -0.2) is 9.78 Å². The molecular formula is C14H17N3O2S2. The molecule has 1 aliphatic rings. The number of nitrogens with zero attached hydrogens (tertiary/aromatic N) is 1. The van der Waals surface area contributed by atoms with Crippen LogP contribution < -0.4 is 10.6 Å². The number of anilines is 1. The topological polar surface area (TPSA) is 71.1 Å². The van der Waals surface area contributed by atoms with Crippen molar-refractivity contribution in [2.45, 2.75) is 25.8 Å². The summed E-state index contributed by atoms with van der Waals surface area (Å²) in [5, 5.41) is 6.21. The van der Waals surface area contributed by atoms with Crippen molar-refractivity contribution in [2.75, 3.05) is 16.8 Å². The number of fused-ring (bicyclic) bond motifs is 1. The maximum Gasteiger partial charge on any atom is 0.321 e. The fraction of sp³-hybridized carbons (Fsp3) is 0.429. The third kappa shape index (κ3) is 3.41. The average molecular weight is 323 g/mol. The van der Waals surface area contributed by atoms with E-state index >= 15 is 0 Å². The molecule has 21 heavy (non-hydrogen) atoms. The van der Waals surface area contributed by atoms with Gasteiger partial charge in [0.1, 0.15) is 0 Å². The lowest BCUT2D eigenvalue weighted by Crippen LogP contribution is -2.38. The van der Waals surface area contributed by atoms with Gasteiger partial charge in [0.2, 0.25) is 0 Å². The van der Waals surface area contributed by atoms with Crippen molar-refractivity contribution in [1.82, 2.24) is 10.3 Å². The predicted molar refractivity (Wildman–Crippen MR) is 87.4 cm³/mol. The maximum absolute atomic E-state index is 11.9. The normalized spacial score (nSPS) is 21.6. The first-order chi connectivity index (χ1) is 10.1. The minimum absolute atomic E-state index is 0.00639. The number of hydrogen-bond acceptors (Lipinski definition) is 4. The predicted octanol–water partition coefficient (Wildman–Crippen LogP) is 2.50. The Bertz CT molecular complexity index is 699. The molecular weight excluding hydrogens is 306 g/mol. The van der Waals surface area contributed by atoms with Crippen LogP contribution in [0.5, 0.6) is 0 Å². The van der Waals surface area contributed by atoms with E-state index in [4.69, 9.17) is 0 Å². The number of amides is 2. The molecule has 5 nitrogen and oxygen atoms in total. The van der Waals surface area contributed by atoms with Crippen LogP contribution in [0, 0.1) is 0 Å². The maximum atomic E-state index is 11.9. The molecule has 112 valence electrons. The number of benzene rings is 1. The molecule has 1 fully saturated rings. The first-order valence-corrected chi connectivity index (χ1v) is 9.26. The third-order valence-electron chi connectivity index (χ3n) is 3.50. The summed E-state index contributed by atoms with van der Waals surface area (Å²) in [6, 6.07) is 5.88. The van der Waals surface area contributed by atoms with E-state index in [2.05, 4.69) is 34.7 Å². The lowest BCUT2D eigenvalue weighted by atomic mass is 10.2. The monoisotopic (exact) mass is 323 g/mol. The third-order valence-corrected chi connectivity index (χ3v) is 5.90. The van der Waals surface area contributed by atoms with E-state index in [0.717, 1.165) is 23.1 Å². The van der Waals surface area contributed by atoms with E-state index in [0.29, 0.717) is 16.6 Å². The summed E-state index contributed by atoms with van der Waals surface area (Å²) < 4.78 is 12.4. The molecule has 2 atom stereocenters. The second-order valence-electron chi connectivity index (χ2n) is 5.07. The second-order valence-corrected chi connectivity index (χ2v) is 7.72. The number of hydrogen-bond donors (Lipinski definition) is 2. The number of rotatable bonds is 3. The van der Waals surface area contributed by atoms with Crippen molar-refractivity contribution in [3.8, 4) is 0 Å². The molecule has 1 aliphatic heterocycles. The molecule has 0 spiro atoms. The standard InChI is InChI=1S/C14H17N3O2S2/c1-2-9-3-4-11-12(7-9)20-14(16-11)17-13(18)15-10-5-6-21(19)8-10/h3-4,7,10H,2,5-6,8H2,1H3,(H2,15,16,17,18)/t10-,21-/m1/s1. The molecule has 1 aromatic carbocycles. The first kappa shape index (κ1) is 14.5. The quantitative estimate of drug-likeness (QED) is 0.911. The molecule has 0 bridgehead atoms. The van der Waals surface area contributed by atoms with Gasteiger partial charge in [0.25, 0.3) is 0 Å². The van der Waals surface area contributed by atoms with Crippen LogP contribution in [0.2, 0.25) is 0 Å². The zero-order valence-corrected chi connectivity index (χ0v) is 13.4. The lowest BCUT2D eigenvalue weighted by Gasteiger charge is -2.10. The van der Waals surface area contributed by atoms with Gasteiger partial charge in [-0.05, 0) is 30.5 Å². The fourth-order valence-corrected chi connectivity index (χ4v) is 4.68. The van der Waals surface area contributed by atoms with Crippen LogP contribution in [0.15, 0.2) is 18.2 Å². The largest absolute Gasteiger partial charge is 0.334 e. The SMILES string of the molecule is CCc1ccc2nc(NC(=O)N[C@@H]3CC[S@@](=O)C3)sc2c1. The van der Waals surface area contributed by atoms with Gasteiger partial charge in [-0.1, -0.05) is 24.3 Å². The molecule has 2 amide bonds. The zero-order valence-electron chi connectivity index (χ0n) is 11.7. The number of nitrogens with one attached hydrogen (secondary N) is 2. The number of thiazole rings is 1. The lowest BCUT2D eigenvalue weighted by molar-refractivity contribution is 0.249. The number of carbonyl (C=O) groups is 1. The van der Waals surface area contributed by atoms with E-state index in [1.165, 1.54) is 16.9 Å². The Morgan fingerprint density at radius 1 is 1.52 bits per heavy atom. The van der Waals surface area contributed by atoms with Crippen molar-refractivity contribution in [3.63, 3.8) is 0 Å². The molecule has 1 saturated heterocycles. The highest BCUT2D eigenvalue weighted by molar-refractivity contribution is 7.85. The number of urea groups is 1. The number of carbonyl (C=O) groups excluding carboxylic acids is 1. The highest BCUT2D eigenvalue weighted by atomic mass is 32.2. The van der Waals surface area contributed by atoms with E-state index in [9.17, 15) is 9.00 Å². The van der Waals surface area contributed by atoms with Crippen LogP contribution in [0.3, 0.4) is 0 Å². The minimum Gasteiger partial charge on any atom is -0.334 e. The highest BCUT2D eigenvalue weighted by Gasteiger charge is 2.22. The van der Waals surface area contributed by atoms with Crippen LogP contribution >= 0.6 is 11.3 Å². The molecule has 0 saturated carbocycles. The van der Waals surface area contributed by atoms with Gasteiger partial charge < -0.3 is 5.32 Å². The van der Waals surface area contributed by atoms with Gasteiger partial charge in [-0.2, -0.15) is 0 Å². The molecule has 0 unspecified atom stereocenters. The smallest absolute Gasteiger partial charge is 0.321 e. The zero-order chi connectivity index (χ0) is 14.8. The fourth-order valence-electron chi connectivity index (χ4n) is 2.34. The highest BCUT2D eigenvalue weighted by Crippen LogP contribution is 2.27. The number of aromatic nitrogens is 1. The Morgan fingerprint density at radius 3 is 3.10 bits per heavy atom. The second kappa shape index (κ2) is 6.11. The Hall–Kier alpha value is -1.47. The summed E-state index contributed by atoms with van der Waals surface area (Å²) in [4.78, 5) is 16.3. The molecule has 3 rings (SSSR count). The Kier molecular flexibility index (Phi) is 4.21. The van der Waals surface area contributed by atoms with E-state index in [-0.39, 0.29) is 12.1 Å². The van der Waals surface area contributed by atoms with E-state index < -0.39 is 10.8 Å². The molecule has 0 radical (unpaired) electrons. The summed E-state index contributed by atoms with van der Waals surface area (Å²) in [5.74, 6) is 1.22. The number of aryl methyl sites for hydroxylation is 1. The molecule has 2 heterocycles. The van der Waals surface area contributed by atoms with Crippen molar-refractivity contribution in [1.29, 1.82) is 0 Å². The molecule has 0 aliphatic carbocycles. The van der Waals surface area contributed by atoms with Crippen molar-refractivity contribution in [2.24, 2.45) is 0 Å². The Balaban J connectivity index is 1.66. The first-order valence-electron chi connectivity index (χ1n) is 6.96. The summed E-state index contributed by atoms with van der Waals surface area (Å²) in [6.07, 6.45) is 1.76. The van der Waals surface area contributed by atoms with Crippen LogP contribution in [0.4, 0.5) is 9.93 Å². The molecule has 1 aromatic heterocycles. The van der Waals surface area contributed by atoms with Crippen molar-refractivity contribution in [3.05, 3.63) is 23.8 Å². The molecule has 2 N–H and O–H groups in total. The van der Waals surface area contributed by atoms with Crippen LogP contribution in [0.25, 0.3) is 10.2 Å². The minimum atomic E-state index is -0.788. The van der Waals surface area contributed by atoms with Crippen LogP contribution in [-0.2, 0) is 17.2 Å². The van der Waals surface area contributed by atoms with Crippen LogP contribution in [0.1, 0.15) is 18.9 Å². The summed E-state index contributed by atoms with van der Waals surface area (Å²) in [7, 11) is -0.788. The van der Waals surface area contributed by atoms with Gasteiger partial charge in [0, 0.05) is 28.3 Å². The van der Waals surface area contributed by atoms with Crippen molar-refractivity contribution >= 4 is 43.5 Å². The Morgan fingerprint density at radius 2 is 2.38 bits per heavy atom. The van der Waals surface area contributed by atoms with E-state index in [1.54, 1.807) is 0 Å². The summed E-state index contributed by atoms with van der Waals surface area (Å²) in [5.41, 5.74) is 2.16.